The van der Waals surface area contributed by atoms with Crippen LogP contribution in [0.3, 0.4) is 0 Å². The summed E-state index contributed by atoms with van der Waals surface area (Å²) in [5, 5.41) is 0. The first-order valence-electron chi connectivity index (χ1n) is 5.54. The molecule has 1 fully saturated rings. The second-order valence-electron chi connectivity index (χ2n) is 5.01. The lowest BCUT2D eigenvalue weighted by molar-refractivity contribution is -0.132. The average molecular weight is 264 g/mol. The van der Waals surface area contributed by atoms with Gasteiger partial charge in [-0.15, -0.1) is 0 Å². The van der Waals surface area contributed by atoms with Crippen molar-refractivity contribution in [1.29, 1.82) is 0 Å². The Morgan fingerprint density at radius 3 is 2.35 bits per heavy atom. The number of hydrogen-bond donors (Lipinski definition) is 1. The number of carbonyl (C=O) groups is 1. The summed E-state index contributed by atoms with van der Waals surface area (Å²) >= 11 is 0. The number of sulfone groups is 1. The maximum absolute atomic E-state index is 11.7. The predicted molar refractivity (Wildman–Crippen MR) is 64.3 cm³/mol. The van der Waals surface area contributed by atoms with Gasteiger partial charge in [0.05, 0.1) is 19.0 Å². The van der Waals surface area contributed by atoms with Crippen LogP contribution in [0.25, 0.3) is 0 Å². The third kappa shape index (κ3) is 5.47. The van der Waals surface area contributed by atoms with E-state index >= 15 is 0 Å². The molecule has 100 valence electrons. The number of ether oxygens (including phenoxy) is 1. The van der Waals surface area contributed by atoms with E-state index in [4.69, 9.17) is 10.5 Å². The lowest BCUT2D eigenvalue weighted by Gasteiger charge is -2.27. The minimum Gasteiger partial charge on any atom is -0.378 e. The van der Waals surface area contributed by atoms with Crippen molar-refractivity contribution in [2.24, 2.45) is 5.73 Å². The van der Waals surface area contributed by atoms with E-state index in [1.165, 1.54) is 4.90 Å². The molecule has 0 saturated carbocycles. The Morgan fingerprint density at radius 2 is 1.88 bits per heavy atom. The average Bonchev–Trinajstić information content (AvgIpc) is 2.14. The van der Waals surface area contributed by atoms with E-state index in [-0.39, 0.29) is 11.7 Å². The highest BCUT2D eigenvalue weighted by Gasteiger charge is 2.27. The van der Waals surface area contributed by atoms with Crippen molar-refractivity contribution in [3.05, 3.63) is 0 Å². The van der Waals surface area contributed by atoms with Crippen LogP contribution in [-0.2, 0) is 19.4 Å². The number of amides is 1. The third-order valence-electron chi connectivity index (χ3n) is 2.30. The van der Waals surface area contributed by atoms with Crippen LogP contribution in [0, 0.1) is 0 Å². The Hall–Kier alpha value is -0.660. The highest BCUT2D eigenvalue weighted by atomic mass is 32.2. The largest absolute Gasteiger partial charge is 0.378 e. The normalized spacial score (nSPS) is 18.2. The number of hydrogen-bond acceptors (Lipinski definition) is 5. The molecule has 1 amide bonds. The van der Waals surface area contributed by atoms with Gasteiger partial charge in [0.2, 0.25) is 5.91 Å². The number of carbonyl (C=O) groups excluding carboxylic acids is 1. The molecular formula is C10H20N2O4S. The third-order valence-corrected chi connectivity index (χ3v) is 4.17. The summed E-state index contributed by atoms with van der Waals surface area (Å²) in [5.41, 5.74) is 4.84. The van der Waals surface area contributed by atoms with Gasteiger partial charge in [0.1, 0.15) is 5.75 Å². The minimum atomic E-state index is -3.44. The van der Waals surface area contributed by atoms with Crippen molar-refractivity contribution in [3.8, 4) is 0 Å². The molecule has 0 radical (unpaired) electrons. The molecule has 1 aliphatic heterocycles. The standard InChI is InChI=1S/C10H20N2O4S/c1-10(2,11)8-17(14,15)7-9(13)12-3-5-16-6-4-12/h3-8,11H2,1-2H3. The zero-order valence-electron chi connectivity index (χ0n) is 10.3. The van der Waals surface area contributed by atoms with Crippen molar-refractivity contribution in [2.75, 3.05) is 37.8 Å². The van der Waals surface area contributed by atoms with Crippen LogP contribution in [-0.4, -0.2) is 62.6 Å². The van der Waals surface area contributed by atoms with E-state index in [9.17, 15) is 13.2 Å². The molecule has 6 nitrogen and oxygen atoms in total. The van der Waals surface area contributed by atoms with E-state index in [1.54, 1.807) is 13.8 Å². The second kappa shape index (κ2) is 5.32. The Balaban J connectivity index is 2.55. The first kappa shape index (κ1) is 14.4. The van der Waals surface area contributed by atoms with Gasteiger partial charge in [0.25, 0.3) is 0 Å². The van der Waals surface area contributed by atoms with Crippen LogP contribution in [0.15, 0.2) is 0 Å². The number of rotatable bonds is 4. The number of morpholine rings is 1. The predicted octanol–water partition coefficient (Wildman–Crippen LogP) is -1.00. The fourth-order valence-electron chi connectivity index (χ4n) is 1.71. The van der Waals surface area contributed by atoms with Crippen molar-refractivity contribution in [3.63, 3.8) is 0 Å². The zero-order valence-corrected chi connectivity index (χ0v) is 11.1. The maximum atomic E-state index is 11.7. The Morgan fingerprint density at radius 1 is 1.35 bits per heavy atom. The maximum Gasteiger partial charge on any atom is 0.237 e. The van der Waals surface area contributed by atoms with E-state index < -0.39 is 21.1 Å². The minimum absolute atomic E-state index is 0.184. The van der Waals surface area contributed by atoms with Crippen LogP contribution in [0.5, 0.6) is 0 Å². The van der Waals surface area contributed by atoms with Crippen molar-refractivity contribution in [2.45, 2.75) is 19.4 Å². The van der Waals surface area contributed by atoms with Gasteiger partial charge in [0, 0.05) is 18.6 Å². The molecule has 0 atom stereocenters. The van der Waals surface area contributed by atoms with E-state index in [0.29, 0.717) is 26.3 Å². The molecule has 2 N–H and O–H groups in total. The van der Waals surface area contributed by atoms with Crippen molar-refractivity contribution < 1.29 is 17.9 Å². The summed E-state index contributed by atoms with van der Waals surface area (Å²) in [7, 11) is -3.44. The van der Waals surface area contributed by atoms with Gasteiger partial charge in [-0.3, -0.25) is 4.79 Å². The van der Waals surface area contributed by atoms with Gasteiger partial charge < -0.3 is 15.4 Å². The zero-order chi connectivity index (χ0) is 13.1. The van der Waals surface area contributed by atoms with Gasteiger partial charge in [0.15, 0.2) is 9.84 Å². The molecule has 0 spiro atoms. The van der Waals surface area contributed by atoms with Crippen LogP contribution in [0.2, 0.25) is 0 Å². The summed E-state index contributed by atoms with van der Waals surface area (Å²) in [5.74, 6) is -1.01. The topological polar surface area (TPSA) is 89.7 Å². The molecule has 0 aromatic rings. The van der Waals surface area contributed by atoms with Gasteiger partial charge >= 0.3 is 0 Å². The summed E-state index contributed by atoms with van der Waals surface area (Å²) in [4.78, 5) is 13.3. The second-order valence-corrected chi connectivity index (χ2v) is 7.08. The summed E-state index contributed by atoms with van der Waals surface area (Å²) in [6.45, 7) is 5.11. The molecule has 0 aromatic carbocycles. The van der Waals surface area contributed by atoms with Gasteiger partial charge in [-0.05, 0) is 13.8 Å². The molecule has 7 heteroatoms. The van der Waals surface area contributed by atoms with Crippen molar-refractivity contribution in [1.82, 2.24) is 4.90 Å². The van der Waals surface area contributed by atoms with Crippen LogP contribution >= 0.6 is 0 Å². The summed E-state index contributed by atoms with van der Waals surface area (Å²) in [6.07, 6.45) is 0. The van der Waals surface area contributed by atoms with Gasteiger partial charge in [-0.1, -0.05) is 0 Å². The number of nitrogens with two attached hydrogens (primary N) is 1. The molecule has 0 bridgehead atoms. The quantitative estimate of drug-likeness (QED) is 0.703. The number of nitrogens with zero attached hydrogens (tertiary/aromatic N) is 1. The van der Waals surface area contributed by atoms with Gasteiger partial charge in [-0.2, -0.15) is 0 Å². The highest BCUT2D eigenvalue weighted by Crippen LogP contribution is 2.06. The fraction of sp³-hybridized carbons (Fsp3) is 0.900. The first-order chi connectivity index (χ1) is 7.70. The Labute approximate surface area is 102 Å². The van der Waals surface area contributed by atoms with E-state index in [1.807, 2.05) is 0 Å². The Kier molecular flexibility index (Phi) is 4.51. The highest BCUT2D eigenvalue weighted by molar-refractivity contribution is 7.92. The molecular weight excluding hydrogens is 244 g/mol. The monoisotopic (exact) mass is 264 g/mol. The molecule has 0 aliphatic carbocycles. The van der Waals surface area contributed by atoms with E-state index in [2.05, 4.69) is 0 Å². The SMILES string of the molecule is CC(C)(N)CS(=O)(=O)CC(=O)N1CCOCC1. The lowest BCUT2D eigenvalue weighted by Crippen LogP contribution is -2.46. The van der Waals surface area contributed by atoms with Crippen LogP contribution in [0.4, 0.5) is 0 Å². The van der Waals surface area contributed by atoms with E-state index in [0.717, 1.165) is 0 Å². The fourth-order valence-corrected chi connectivity index (χ4v) is 3.50. The van der Waals surface area contributed by atoms with Crippen LogP contribution in [0.1, 0.15) is 13.8 Å². The smallest absolute Gasteiger partial charge is 0.237 e. The molecule has 0 unspecified atom stereocenters. The summed E-state index contributed by atoms with van der Waals surface area (Å²) < 4.78 is 28.6. The molecule has 1 saturated heterocycles. The molecule has 0 aromatic heterocycles. The molecule has 1 heterocycles. The van der Waals surface area contributed by atoms with Crippen molar-refractivity contribution >= 4 is 15.7 Å². The summed E-state index contributed by atoms with van der Waals surface area (Å²) in [6, 6.07) is 0. The molecule has 17 heavy (non-hydrogen) atoms. The molecule has 1 rings (SSSR count). The molecule has 1 aliphatic rings. The Bertz CT molecular complexity index is 366. The van der Waals surface area contributed by atoms with Gasteiger partial charge in [-0.25, -0.2) is 8.42 Å². The first-order valence-corrected chi connectivity index (χ1v) is 7.37. The lowest BCUT2D eigenvalue weighted by atomic mass is 10.1. The van der Waals surface area contributed by atoms with Crippen LogP contribution < -0.4 is 5.73 Å².